The highest BCUT2D eigenvalue weighted by molar-refractivity contribution is 5.95. The molecule has 1 aliphatic heterocycles. The molecule has 5 heteroatoms. The van der Waals surface area contributed by atoms with Gasteiger partial charge in [0, 0.05) is 18.7 Å². The van der Waals surface area contributed by atoms with Crippen molar-refractivity contribution >= 4 is 17.8 Å². The zero-order chi connectivity index (χ0) is 13.3. The average Bonchev–Trinajstić information content (AvgIpc) is 2.80. The maximum Gasteiger partial charge on any atom is 0.322 e. The molecule has 3 rings (SSSR count). The van der Waals surface area contributed by atoms with Crippen molar-refractivity contribution in [1.82, 2.24) is 5.32 Å². The fourth-order valence-corrected chi connectivity index (χ4v) is 2.84. The Morgan fingerprint density at radius 3 is 2.68 bits per heavy atom. The Balaban J connectivity index is 2.06. The molecule has 1 aromatic rings. The SMILES string of the molecule is O=C=NC1(c2ccccc2N2CCNC2=O)CCC1. The van der Waals surface area contributed by atoms with Crippen molar-refractivity contribution in [2.75, 3.05) is 18.0 Å². The number of nitrogens with one attached hydrogen (secondary N) is 1. The van der Waals surface area contributed by atoms with Gasteiger partial charge in [0.2, 0.25) is 6.08 Å². The van der Waals surface area contributed by atoms with E-state index in [2.05, 4.69) is 10.3 Å². The van der Waals surface area contributed by atoms with E-state index >= 15 is 0 Å². The first-order chi connectivity index (χ1) is 9.27. The highest BCUT2D eigenvalue weighted by atomic mass is 16.2. The molecule has 1 aliphatic carbocycles. The average molecular weight is 257 g/mol. The Morgan fingerprint density at radius 1 is 1.32 bits per heavy atom. The number of para-hydroxylation sites is 1. The molecule has 0 bridgehead atoms. The van der Waals surface area contributed by atoms with Gasteiger partial charge in [0.1, 0.15) is 5.54 Å². The summed E-state index contributed by atoms with van der Waals surface area (Å²) in [5.74, 6) is 0. The topological polar surface area (TPSA) is 61.8 Å². The molecule has 98 valence electrons. The Kier molecular flexibility index (Phi) is 2.84. The van der Waals surface area contributed by atoms with Crippen LogP contribution in [-0.2, 0) is 10.3 Å². The third kappa shape index (κ3) is 1.83. The number of rotatable bonds is 3. The van der Waals surface area contributed by atoms with E-state index in [1.54, 1.807) is 11.0 Å². The molecule has 0 aromatic heterocycles. The van der Waals surface area contributed by atoms with Crippen molar-refractivity contribution in [3.05, 3.63) is 29.8 Å². The van der Waals surface area contributed by atoms with Crippen LogP contribution in [0.1, 0.15) is 24.8 Å². The predicted octanol–water partition coefficient (Wildman–Crippen LogP) is 1.93. The van der Waals surface area contributed by atoms with Crippen LogP contribution < -0.4 is 10.2 Å². The molecule has 19 heavy (non-hydrogen) atoms. The number of urea groups is 1. The molecule has 2 aliphatic rings. The number of hydrogen-bond donors (Lipinski definition) is 1. The Hall–Kier alpha value is -2.13. The highest BCUT2D eigenvalue weighted by Crippen LogP contribution is 2.48. The lowest BCUT2D eigenvalue weighted by atomic mass is 9.71. The van der Waals surface area contributed by atoms with Gasteiger partial charge in [-0.15, -0.1) is 0 Å². The zero-order valence-corrected chi connectivity index (χ0v) is 10.6. The summed E-state index contributed by atoms with van der Waals surface area (Å²) in [6.07, 6.45) is 4.43. The van der Waals surface area contributed by atoms with Gasteiger partial charge in [-0.2, -0.15) is 4.99 Å². The minimum atomic E-state index is -0.471. The van der Waals surface area contributed by atoms with Gasteiger partial charge in [-0.05, 0) is 25.3 Å². The smallest absolute Gasteiger partial charge is 0.322 e. The van der Waals surface area contributed by atoms with Crippen LogP contribution in [0.2, 0.25) is 0 Å². The quantitative estimate of drug-likeness (QED) is 0.664. The summed E-state index contributed by atoms with van der Waals surface area (Å²) in [6.45, 7) is 1.30. The number of anilines is 1. The van der Waals surface area contributed by atoms with Gasteiger partial charge in [-0.3, -0.25) is 4.90 Å². The molecule has 0 radical (unpaired) electrons. The number of aliphatic imine (C=N–C) groups is 1. The highest BCUT2D eigenvalue weighted by Gasteiger charge is 2.42. The van der Waals surface area contributed by atoms with E-state index in [0.29, 0.717) is 13.1 Å². The summed E-state index contributed by atoms with van der Waals surface area (Å²) >= 11 is 0. The predicted molar refractivity (Wildman–Crippen MR) is 70.8 cm³/mol. The second-order valence-electron chi connectivity index (χ2n) is 4.99. The van der Waals surface area contributed by atoms with Crippen LogP contribution >= 0.6 is 0 Å². The van der Waals surface area contributed by atoms with Gasteiger partial charge in [0.15, 0.2) is 0 Å². The van der Waals surface area contributed by atoms with Crippen molar-refractivity contribution in [2.24, 2.45) is 4.99 Å². The molecule has 1 N–H and O–H groups in total. The van der Waals surface area contributed by atoms with E-state index in [1.807, 2.05) is 24.3 Å². The molecular weight excluding hydrogens is 242 g/mol. The standard InChI is InChI=1S/C14H15N3O2/c18-10-16-14(6-3-7-14)11-4-1-2-5-12(11)17-9-8-15-13(17)19/h1-2,4-5H,3,6-9H2,(H,15,19). The van der Waals surface area contributed by atoms with Crippen LogP contribution in [0.15, 0.2) is 29.3 Å². The number of amides is 2. The Bertz CT molecular complexity index is 560. The number of carbonyl (C=O) groups excluding carboxylic acids is 2. The maximum absolute atomic E-state index is 11.8. The maximum atomic E-state index is 11.8. The van der Waals surface area contributed by atoms with Gasteiger partial charge in [-0.25, -0.2) is 9.59 Å². The van der Waals surface area contributed by atoms with Crippen LogP contribution in [0.3, 0.4) is 0 Å². The summed E-state index contributed by atoms with van der Waals surface area (Å²) in [4.78, 5) is 28.3. The first-order valence-electron chi connectivity index (χ1n) is 6.51. The van der Waals surface area contributed by atoms with Crippen LogP contribution in [0.4, 0.5) is 10.5 Å². The number of benzene rings is 1. The van der Waals surface area contributed by atoms with Crippen LogP contribution in [-0.4, -0.2) is 25.2 Å². The molecule has 2 amide bonds. The summed E-state index contributed by atoms with van der Waals surface area (Å²) in [7, 11) is 0. The Labute approximate surface area is 111 Å². The van der Waals surface area contributed by atoms with E-state index in [4.69, 9.17) is 0 Å². The van der Waals surface area contributed by atoms with Gasteiger partial charge in [0.05, 0.1) is 5.69 Å². The van der Waals surface area contributed by atoms with Crippen LogP contribution in [0.5, 0.6) is 0 Å². The van der Waals surface area contributed by atoms with Gasteiger partial charge < -0.3 is 5.32 Å². The normalized spacial score (nSPS) is 20.4. The largest absolute Gasteiger partial charge is 0.336 e. The van der Waals surface area contributed by atoms with Crippen molar-refractivity contribution in [3.63, 3.8) is 0 Å². The molecule has 0 unspecified atom stereocenters. The molecule has 1 heterocycles. The van der Waals surface area contributed by atoms with E-state index < -0.39 is 5.54 Å². The molecular formula is C14H15N3O2. The van der Waals surface area contributed by atoms with Crippen molar-refractivity contribution < 1.29 is 9.59 Å². The molecule has 5 nitrogen and oxygen atoms in total. The van der Waals surface area contributed by atoms with E-state index in [0.717, 1.165) is 30.5 Å². The van der Waals surface area contributed by atoms with E-state index in [9.17, 15) is 9.59 Å². The Morgan fingerprint density at radius 2 is 2.11 bits per heavy atom. The second kappa shape index (κ2) is 4.52. The summed E-state index contributed by atoms with van der Waals surface area (Å²) in [5, 5.41) is 2.79. The number of carbonyl (C=O) groups is 1. The number of nitrogens with zero attached hydrogens (tertiary/aromatic N) is 2. The summed E-state index contributed by atoms with van der Waals surface area (Å²) in [5.41, 5.74) is 1.35. The molecule has 1 saturated heterocycles. The summed E-state index contributed by atoms with van der Waals surface area (Å²) in [6, 6.07) is 7.62. The van der Waals surface area contributed by atoms with Crippen molar-refractivity contribution in [3.8, 4) is 0 Å². The van der Waals surface area contributed by atoms with Crippen LogP contribution in [0.25, 0.3) is 0 Å². The monoisotopic (exact) mass is 257 g/mol. The van der Waals surface area contributed by atoms with Crippen molar-refractivity contribution in [1.29, 1.82) is 0 Å². The van der Waals surface area contributed by atoms with Crippen molar-refractivity contribution in [2.45, 2.75) is 24.8 Å². The van der Waals surface area contributed by atoms with Crippen LogP contribution in [0, 0.1) is 0 Å². The van der Waals surface area contributed by atoms with E-state index in [1.165, 1.54) is 0 Å². The number of hydrogen-bond acceptors (Lipinski definition) is 3. The third-order valence-electron chi connectivity index (χ3n) is 3.99. The third-order valence-corrected chi connectivity index (χ3v) is 3.99. The fraction of sp³-hybridized carbons (Fsp3) is 0.429. The van der Waals surface area contributed by atoms with Gasteiger partial charge in [-0.1, -0.05) is 18.2 Å². The number of isocyanates is 1. The van der Waals surface area contributed by atoms with Gasteiger partial charge >= 0.3 is 6.03 Å². The lowest BCUT2D eigenvalue weighted by Gasteiger charge is -2.39. The molecule has 1 saturated carbocycles. The molecule has 0 spiro atoms. The fourth-order valence-electron chi connectivity index (χ4n) is 2.84. The van der Waals surface area contributed by atoms with Gasteiger partial charge in [0.25, 0.3) is 0 Å². The lowest BCUT2D eigenvalue weighted by molar-refractivity contribution is 0.249. The zero-order valence-electron chi connectivity index (χ0n) is 10.6. The first kappa shape index (κ1) is 11.9. The molecule has 1 aromatic carbocycles. The minimum absolute atomic E-state index is 0.0861. The lowest BCUT2D eigenvalue weighted by Crippen LogP contribution is -2.36. The van der Waals surface area contributed by atoms with E-state index in [-0.39, 0.29) is 6.03 Å². The minimum Gasteiger partial charge on any atom is -0.336 e. The molecule has 0 atom stereocenters. The summed E-state index contributed by atoms with van der Waals surface area (Å²) < 4.78 is 0. The first-order valence-corrected chi connectivity index (χ1v) is 6.51. The second-order valence-corrected chi connectivity index (χ2v) is 4.99. The molecule has 2 fully saturated rings.